The Balaban J connectivity index is 1.55. The smallest absolute Gasteiger partial charge is 0.224 e. The number of hydrogen-bond donors (Lipinski definition) is 1. The molecule has 0 radical (unpaired) electrons. The minimum Gasteiger partial charge on any atom is -0.326 e. The molecule has 166 valence electrons. The molecule has 1 amide bonds. The van der Waals surface area contributed by atoms with E-state index >= 15 is 0 Å². The SMILES string of the molecule is CCC(=O)Nc1ccc(C(=O)CSc2nnc(-c3ccccc3)n2-c2ccc(F)cc2)cc1. The molecule has 1 aromatic heterocycles. The van der Waals surface area contributed by atoms with Gasteiger partial charge in [0.1, 0.15) is 5.82 Å². The number of halogens is 1. The van der Waals surface area contributed by atoms with E-state index in [1.54, 1.807) is 43.3 Å². The van der Waals surface area contributed by atoms with Gasteiger partial charge in [-0.25, -0.2) is 4.39 Å². The van der Waals surface area contributed by atoms with E-state index in [1.165, 1.54) is 23.9 Å². The Hall–Kier alpha value is -3.78. The fourth-order valence-electron chi connectivity index (χ4n) is 3.16. The highest BCUT2D eigenvalue weighted by Crippen LogP contribution is 2.28. The molecule has 33 heavy (non-hydrogen) atoms. The van der Waals surface area contributed by atoms with E-state index < -0.39 is 0 Å². The molecule has 3 aromatic carbocycles. The van der Waals surface area contributed by atoms with Crippen LogP contribution in [0.2, 0.25) is 0 Å². The van der Waals surface area contributed by atoms with Crippen LogP contribution in [0.25, 0.3) is 17.1 Å². The molecule has 6 nitrogen and oxygen atoms in total. The third-order valence-electron chi connectivity index (χ3n) is 4.89. The van der Waals surface area contributed by atoms with Crippen LogP contribution >= 0.6 is 11.8 Å². The summed E-state index contributed by atoms with van der Waals surface area (Å²) >= 11 is 1.26. The molecule has 0 saturated carbocycles. The molecule has 0 bridgehead atoms. The first kappa shape index (κ1) is 22.4. The predicted octanol–water partition coefficient (Wildman–Crippen LogP) is 5.40. The summed E-state index contributed by atoms with van der Waals surface area (Å²) in [7, 11) is 0. The van der Waals surface area contributed by atoms with E-state index in [0.29, 0.717) is 34.3 Å². The summed E-state index contributed by atoms with van der Waals surface area (Å²) < 4.78 is 15.3. The van der Waals surface area contributed by atoms with Gasteiger partial charge in [0.25, 0.3) is 0 Å². The molecular weight excluding hydrogens is 439 g/mol. The van der Waals surface area contributed by atoms with Crippen molar-refractivity contribution in [3.05, 3.63) is 90.2 Å². The summed E-state index contributed by atoms with van der Waals surface area (Å²) in [6, 6.07) is 22.4. The van der Waals surface area contributed by atoms with Crippen LogP contribution in [0.15, 0.2) is 84.0 Å². The number of benzene rings is 3. The number of nitrogens with one attached hydrogen (secondary N) is 1. The first-order valence-corrected chi connectivity index (χ1v) is 11.4. The highest BCUT2D eigenvalue weighted by Gasteiger charge is 2.18. The van der Waals surface area contributed by atoms with Gasteiger partial charge in [0, 0.05) is 28.9 Å². The lowest BCUT2D eigenvalue weighted by Gasteiger charge is -2.10. The van der Waals surface area contributed by atoms with E-state index in [2.05, 4.69) is 15.5 Å². The summed E-state index contributed by atoms with van der Waals surface area (Å²) in [5, 5.41) is 11.9. The second kappa shape index (κ2) is 10.2. The normalized spacial score (nSPS) is 10.7. The van der Waals surface area contributed by atoms with Gasteiger partial charge in [-0.1, -0.05) is 49.0 Å². The Morgan fingerprint density at radius 1 is 0.939 bits per heavy atom. The van der Waals surface area contributed by atoms with Crippen LogP contribution in [-0.4, -0.2) is 32.2 Å². The third kappa shape index (κ3) is 5.35. The predicted molar refractivity (Wildman–Crippen MR) is 127 cm³/mol. The van der Waals surface area contributed by atoms with E-state index in [0.717, 1.165) is 5.56 Å². The highest BCUT2D eigenvalue weighted by atomic mass is 32.2. The average molecular weight is 461 g/mol. The van der Waals surface area contributed by atoms with Gasteiger partial charge >= 0.3 is 0 Å². The average Bonchev–Trinajstić information content (AvgIpc) is 3.28. The minimum atomic E-state index is -0.337. The molecule has 8 heteroatoms. The Kier molecular flexibility index (Phi) is 6.95. The van der Waals surface area contributed by atoms with E-state index in [1.807, 2.05) is 34.9 Å². The Morgan fingerprint density at radius 3 is 2.30 bits per heavy atom. The molecule has 0 aliphatic carbocycles. The largest absolute Gasteiger partial charge is 0.326 e. The van der Waals surface area contributed by atoms with Crippen molar-refractivity contribution in [2.75, 3.05) is 11.1 Å². The van der Waals surface area contributed by atoms with Crippen LogP contribution in [0.1, 0.15) is 23.7 Å². The molecule has 4 aromatic rings. The van der Waals surface area contributed by atoms with E-state index in [-0.39, 0.29) is 23.3 Å². The topological polar surface area (TPSA) is 76.9 Å². The summed E-state index contributed by atoms with van der Waals surface area (Å²) in [5.41, 5.74) is 2.74. The molecular formula is C25H21FN4O2S. The van der Waals surface area contributed by atoms with Crippen LogP contribution < -0.4 is 5.32 Å². The van der Waals surface area contributed by atoms with Gasteiger partial charge in [-0.2, -0.15) is 0 Å². The Morgan fingerprint density at radius 2 is 1.64 bits per heavy atom. The zero-order valence-corrected chi connectivity index (χ0v) is 18.7. The first-order chi connectivity index (χ1) is 16.0. The van der Waals surface area contributed by atoms with Crippen molar-refractivity contribution in [3.63, 3.8) is 0 Å². The summed E-state index contributed by atoms with van der Waals surface area (Å²) in [5.74, 6) is 0.251. The van der Waals surface area contributed by atoms with E-state index in [4.69, 9.17) is 0 Å². The van der Waals surface area contributed by atoms with Crippen molar-refractivity contribution in [1.29, 1.82) is 0 Å². The van der Waals surface area contributed by atoms with Gasteiger partial charge in [-0.15, -0.1) is 10.2 Å². The number of rotatable bonds is 8. The van der Waals surface area contributed by atoms with Gasteiger partial charge in [0.2, 0.25) is 5.91 Å². The van der Waals surface area contributed by atoms with Crippen LogP contribution in [-0.2, 0) is 4.79 Å². The number of nitrogens with zero attached hydrogens (tertiary/aromatic N) is 3. The van der Waals surface area contributed by atoms with Crippen molar-refractivity contribution in [2.24, 2.45) is 0 Å². The van der Waals surface area contributed by atoms with Crippen molar-refractivity contribution >= 4 is 29.1 Å². The second-order valence-electron chi connectivity index (χ2n) is 7.17. The standard InChI is InChI=1S/C25H21FN4O2S/c1-2-23(32)27-20-12-8-17(9-13-20)22(31)16-33-25-29-28-24(18-6-4-3-5-7-18)30(25)21-14-10-19(26)11-15-21/h3-15H,2,16H2,1H3,(H,27,32). The summed E-state index contributed by atoms with van der Waals surface area (Å²) in [6.45, 7) is 1.78. The monoisotopic (exact) mass is 460 g/mol. The van der Waals surface area contributed by atoms with Crippen molar-refractivity contribution in [3.8, 4) is 17.1 Å². The molecule has 4 rings (SSSR count). The van der Waals surface area contributed by atoms with Gasteiger partial charge < -0.3 is 5.32 Å². The Labute approximate surface area is 194 Å². The van der Waals surface area contributed by atoms with Crippen molar-refractivity contribution in [2.45, 2.75) is 18.5 Å². The molecule has 1 heterocycles. The highest BCUT2D eigenvalue weighted by molar-refractivity contribution is 7.99. The second-order valence-corrected chi connectivity index (χ2v) is 8.12. The lowest BCUT2D eigenvalue weighted by atomic mass is 10.1. The van der Waals surface area contributed by atoms with Crippen LogP contribution in [0.5, 0.6) is 0 Å². The number of ketones is 1. The quantitative estimate of drug-likeness (QED) is 0.282. The molecule has 0 fully saturated rings. The van der Waals surface area contributed by atoms with Crippen molar-refractivity contribution in [1.82, 2.24) is 14.8 Å². The Bertz CT molecular complexity index is 1260. The lowest BCUT2D eigenvalue weighted by Crippen LogP contribution is -2.10. The van der Waals surface area contributed by atoms with Gasteiger partial charge in [0.15, 0.2) is 16.8 Å². The van der Waals surface area contributed by atoms with Crippen LogP contribution in [0.4, 0.5) is 10.1 Å². The maximum atomic E-state index is 13.5. The first-order valence-electron chi connectivity index (χ1n) is 10.4. The zero-order chi connectivity index (χ0) is 23.2. The van der Waals surface area contributed by atoms with Crippen molar-refractivity contribution < 1.29 is 14.0 Å². The van der Waals surface area contributed by atoms with Gasteiger partial charge in [-0.3, -0.25) is 14.2 Å². The molecule has 0 aliphatic rings. The van der Waals surface area contributed by atoms with Gasteiger partial charge in [-0.05, 0) is 48.5 Å². The number of hydrogen-bond acceptors (Lipinski definition) is 5. The van der Waals surface area contributed by atoms with Crippen LogP contribution in [0.3, 0.4) is 0 Å². The maximum absolute atomic E-state index is 13.5. The number of aromatic nitrogens is 3. The molecule has 1 N–H and O–H groups in total. The molecule has 0 aliphatic heterocycles. The molecule has 0 spiro atoms. The number of carbonyl (C=O) groups excluding carboxylic acids is 2. The molecule has 0 saturated heterocycles. The number of amides is 1. The summed E-state index contributed by atoms with van der Waals surface area (Å²) in [6.07, 6.45) is 0.386. The van der Waals surface area contributed by atoms with E-state index in [9.17, 15) is 14.0 Å². The fourth-order valence-corrected chi connectivity index (χ4v) is 4.01. The maximum Gasteiger partial charge on any atom is 0.224 e. The third-order valence-corrected chi connectivity index (χ3v) is 5.82. The summed E-state index contributed by atoms with van der Waals surface area (Å²) in [4.78, 5) is 24.3. The number of anilines is 1. The molecule has 0 atom stereocenters. The fraction of sp³-hybridized carbons (Fsp3) is 0.120. The number of thioether (sulfide) groups is 1. The number of carbonyl (C=O) groups is 2. The van der Waals surface area contributed by atoms with Gasteiger partial charge in [0.05, 0.1) is 5.75 Å². The lowest BCUT2D eigenvalue weighted by molar-refractivity contribution is -0.115. The zero-order valence-electron chi connectivity index (χ0n) is 17.9. The minimum absolute atomic E-state index is 0.0803. The number of Topliss-reactive ketones (excluding diaryl/α,β-unsaturated/α-hetero) is 1. The van der Waals surface area contributed by atoms with Crippen LogP contribution in [0, 0.1) is 5.82 Å². The molecule has 0 unspecified atom stereocenters.